The molecule has 1 aliphatic heterocycles. The fraction of sp³-hybridized carbons (Fsp3) is 0.571. The summed E-state index contributed by atoms with van der Waals surface area (Å²) in [4.78, 5) is 4.76. The maximum Gasteiger partial charge on any atom is 0.0585 e. The molecule has 108 valence electrons. The lowest BCUT2D eigenvalue weighted by molar-refractivity contribution is 0.265. The second-order valence-electron chi connectivity index (χ2n) is 5.10. The number of nitrogens with two attached hydrogens (primary N) is 1. The van der Waals surface area contributed by atoms with Gasteiger partial charge in [0.2, 0.25) is 0 Å². The van der Waals surface area contributed by atoms with Crippen LogP contribution < -0.4 is 10.6 Å². The van der Waals surface area contributed by atoms with E-state index in [9.17, 15) is 0 Å². The van der Waals surface area contributed by atoms with Crippen LogP contribution >= 0.6 is 12.4 Å². The van der Waals surface area contributed by atoms with Crippen LogP contribution in [0, 0.1) is 0 Å². The zero-order valence-corrected chi connectivity index (χ0v) is 12.3. The van der Waals surface area contributed by atoms with Crippen molar-refractivity contribution in [2.75, 3.05) is 44.7 Å². The average molecular weight is 286 g/mol. The van der Waals surface area contributed by atoms with E-state index in [1.54, 1.807) is 0 Å². The molecule has 1 unspecified atom stereocenters. The van der Waals surface area contributed by atoms with Crippen LogP contribution in [0.4, 0.5) is 5.69 Å². The molecule has 0 amide bonds. The molecule has 0 spiro atoms. The first kappa shape index (κ1) is 16.2. The van der Waals surface area contributed by atoms with Crippen LogP contribution in [-0.2, 0) is 6.42 Å². The summed E-state index contributed by atoms with van der Waals surface area (Å²) in [5.41, 5.74) is 8.21. The van der Waals surface area contributed by atoms with Crippen molar-refractivity contribution in [2.45, 2.75) is 12.5 Å². The second kappa shape index (κ2) is 7.70. The summed E-state index contributed by atoms with van der Waals surface area (Å²) < 4.78 is 0. The van der Waals surface area contributed by atoms with Crippen molar-refractivity contribution in [1.82, 2.24) is 4.90 Å². The van der Waals surface area contributed by atoms with Gasteiger partial charge in [0.1, 0.15) is 0 Å². The lowest BCUT2D eigenvalue weighted by Gasteiger charge is -2.34. The molecule has 4 nitrogen and oxygen atoms in total. The van der Waals surface area contributed by atoms with E-state index in [1.807, 2.05) is 0 Å². The molecule has 0 radical (unpaired) electrons. The van der Waals surface area contributed by atoms with Crippen LogP contribution in [0.15, 0.2) is 24.3 Å². The molecule has 0 saturated carbocycles. The summed E-state index contributed by atoms with van der Waals surface area (Å²) in [7, 11) is 2.16. The van der Waals surface area contributed by atoms with Gasteiger partial charge in [0.25, 0.3) is 0 Å². The zero-order chi connectivity index (χ0) is 13.0. The highest BCUT2D eigenvalue weighted by atomic mass is 35.5. The summed E-state index contributed by atoms with van der Waals surface area (Å²) in [6.45, 7) is 4.46. The number of benzene rings is 1. The summed E-state index contributed by atoms with van der Waals surface area (Å²) >= 11 is 0. The Bertz CT molecular complexity index is 363. The number of hydrogen-bond acceptors (Lipinski definition) is 4. The van der Waals surface area contributed by atoms with E-state index in [2.05, 4.69) is 41.1 Å². The van der Waals surface area contributed by atoms with E-state index < -0.39 is 0 Å². The standard InChI is InChI=1S/C14H23N3O.ClH/c1-16-6-8-17(9-7-16)14-4-2-12(3-5-14)10-13(15)11-18;/h2-5,13,18H,6-11,15H2,1H3;1H. The van der Waals surface area contributed by atoms with E-state index in [1.165, 1.54) is 11.3 Å². The molecular weight excluding hydrogens is 262 g/mol. The SMILES string of the molecule is CN1CCN(c2ccc(CC(N)CO)cc2)CC1.Cl. The van der Waals surface area contributed by atoms with Gasteiger partial charge in [-0.2, -0.15) is 0 Å². The Balaban J connectivity index is 0.00000180. The van der Waals surface area contributed by atoms with Gasteiger partial charge in [-0.15, -0.1) is 12.4 Å². The second-order valence-corrected chi connectivity index (χ2v) is 5.10. The van der Waals surface area contributed by atoms with Gasteiger partial charge in [0, 0.05) is 37.9 Å². The van der Waals surface area contributed by atoms with Crippen molar-refractivity contribution in [3.05, 3.63) is 29.8 Å². The highest BCUT2D eigenvalue weighted by molar-refractivity contribution is 5.85. The van der Waals surface area contributed by atoms with Crippen LogP contribution in [0.5, 0.6) is 0 Å². The minimum absolute atomic E-state index is 0. The monoisotopic (exact) mass is 285 g/mol. The largest absolute Gasteiger partial charge is 0.395 e. The van der Waals surface area contributed by atoms with Crippen LogP contribution in [0.1, 0.15) is 5.56 Å². The highest BCUT2D eigenvalue weighted by Gasteiger charge is 2.14. The first-order valence-corrected chi connectivity index (χ1v) is 6.58. The highest BCUT2D eigenvalue weighted by Crippen LogP contribution is 2.17. The number of hydrogen-bond donors (Lipinski definition) is 2. The Labute approximate surface area is 121 Å². The van der Waals surface area contributed by atoms with Gasteiger partial charge in [-0.25, -0.2) is 0 Å². The van der Waals surface area contributed by atoms with Gasteiger partial charge in [-0.1, -0.05) is 12.1 Å². The lowest BCUT2D eigenvalue weighted by atomic mass is 10.1. The predicted octanol–water partition coefficient (Wildman–Crippen LogP) is 0.722. The van der Waals surface area contributed by atoms with E-state index in [-0.39, 0.29) is 25.1 Å². The van der Waals surface area contributed by atoms with Crippen molar-refractivity contribution in [3.8, 4) is 0 Å². The van der Waals surface area contributed by atoms with Crippen LogP contribution in [0.3, 0.4) is 0 Å². The van der Waals surface area contributed by atoms with Gasteiger partial charge in [0.05, 0.1) is 6.61 Å². The first-order chi connectivity index (χ1) is 8.69. The van der Waals surface area contributed by atoms with Crippen molar-refractivity contribution < 1.29 is 5.11 Å². The maximum atomic E-state index is 8.94. The third-order valence-corrected chi connectivity index (χ3v) is 3.54. The molecule has 0 bridgehead atoms. The molecule has 1 atom stereocenters. The topological polar surface area (TPSA) is 52.7 Å². The van der Waals surface area contributed by atoms with Crippen LogP contribution in [0.25, 0.3) is 0 Å². The Morgan fingerprint density at radius 2 is 1.74 bits per heavy atom. The van der Waals surface area contributed by atoms with Gasteiger partial charge < -0.3 is 20.6 Å². The third-order valence-electron chi connectivity index (χ3n) is 3.54. The number of anilines is 1. The average Bonchev–Trinajstić information content (AvgIpc) is 2.40. The van der Waals surface area contributed by atoms with E-state index in [4.69, 9.17) is 10.8 Å². The number of halogens is 1. The molecule has 0 aromatic heterocycles. The quantitative estimate of drug-likeness (QED) is 0.856. The molecule has 0 aliphatic carbocycles. The van der Waals surface area contributed by atoms with Crippen LogP contribution in [0.2, 0.25) is 0 Å². The molecular formula is C14H24ClN3O. The lowest BCUT2D eigenvalue weighted by Crippen LogP contribution is -2.44. The fourth-order valence-corrected chi connectivity index (χ4v) is 2.27. The number of aliphatic hydroxyl groups excluding tert-OH is 1. The minimum atomic E-state index is -0.153. The van der Waals surface area contributed by atoms with Gasteiger partial charge in [-0.3, -0.25) is 0 Å². The van der Waals surface area contributed by atoms with Gasteiger partial charge in [-0.05, 0) is 31.2 Å². The molecule has 5 heteroatoms. The van der Waals surface area contributed by atoms with Crippen molar-refractivity contribution in [1.29, 1.82) is 0 Å². The van der Waals surface area contributed by atoms with Gasteiger partial charge in [0.15, 0.2) is 0 Å². The molecule has 3 N–H and O–H groups in total. The summed E-state index contributed by atoms with van der Waals surface area (Å²) in [6, 6.07) is 8.39. The predicted molar refractivity (Wildman–Crippen MR) is 82.2 cm³/mol. The molecule has 1 saturated heterocycles. The number of rotatable bonds is 4. The summed E-state index contributed by atoms with van der Waals surface area (Å²) in [5, 5.41) is 8.94. The fourth-order valence-electron chi connectivity index (χ4n) is 2.27. The Kier molecular flexibility index (Phi) is 6.58. The number of aliphatic hydroxyl groups is 1. The molecule has 1 aliphatic rings. The van der Waals surface area contributed by atoms with Crippen molar-refractivity contribution in [2.24, 2.45) is 5.73 Å². The van der Waals surface area contributed by atoms with Gasteiger partial charge >= 0.3 is 0 Å². The van der Waals surface area contributed by atoms with E-state index in [0.717, 1.165) is 32.6 Å². The Morgan fingerprint density at radius 3 is 2.26 bits per heavy atom. The minimum Gasteiger partial charge on any atom is -0.395 e. The van der Waals surface area contributed by atoms with Crippen molar-refractivity contribution in [3.63, 3.8) is 0 Å². The number of nitrogens with zero attached hydrogens (tertiary/aromatic N) is 2. The molecule has 1 aromatic rings. The molecule has 19 heavy (non-hydrogen) atoms. The number of piperazine rings is 1. The van der Waals surface area contributed by atoms with Crippen LogP contribution in [-0.4, -0.2) is 55.9 Å². The number of likely N-dealkylation sites (N-methyl/N-ethyl adjacent to an activating group) is 1. The van der Waals surface area contributed by atoms with E-state index >= 15 is 0 Å². The first-order valence-electron chi connectivity index (χ1n) is 6.58. The molecule has 1 aromatic carbocycles. The molecule has 1 heterocycles. The third kappa shape index (κ3) is 4.66. The summed E-state index contributed by atoms with van der Waals surface area (Å²) in [5.74, 6) is 0. The Hall–Kier alpha value is -0.810. The normalized spacial score (nSPS) is 17.9. The summed E-state index contributed by atoms with van der Waals surface area (Å²) in [6.07, 6.45) is 0.736. The van der Waals surface area contributed by atoms with Crippen molar-refractivity contribution >= 4 is 18.1 Å². The molecule has 1 fully saturated rings. The maximum absolute atomic E-state index is 8.94. The Morgan fingerprint density at radius 1 is 1.16 bits per heavy atom. The smallest absolute Gasteiger partial charge is 0.0585 e. The van der Waals surface area contributed by atoms with E-state index in [0.29, 0.717) is 0 Å². The molecule has 2 rings (SSSR count). The zero-order valence-electron chi connectivity index (χ0n) is 11.5.